The smallest absolute Gasteiger partial charge is 0.322 e. The van der Waals surface area contributed by atoms with Gasteiger partial charge in [-0.3, -0.25) is 9.69 Å². The zero-order chi connectivity index (χ0) is 17.6. The van der Waals surface area contributed by atoms with Crippen LogP contribution in [0.3, 0.4) is 0 Å². The lowest BCUT2D eigenvalue weighted by Crippen LogP contribution is -2.45. The van der Waals surface area contributed by atoms with Crippen LogP contribution in [-0.4, -0.2) is 30.4 Å². The van der Waals surface area contributed by atoms with Crippen molar-refractivity contribution in [1.29, 1.82) is 0 Å². The second-order valence-electron chi connectivity index (χ2n) is 6.44. The number of hydrogen-bond donors (Lipinski definition) is 1. The lowest BCUT2D eigenvalue weighted by Gasteiger charge is -2.31. The molecule has 0 aromatic heterocycles. The topological polar surface area (TPSA) is 52.7 Å². The van der Waals surface area contributed by atoms with Crippen molar-refractivity contribution in [2.24, 2.45) is 0 Å². The first-order valence-electron chi connectivity index (χ1n) is 8.27. The SMILES string of the molecule is Cc1ccc(C2NC(=O)N(C)C3=C2C(=O)N(c2ccccc2)C3)cc1. The first-order chi connectivity index (χ1) is 12.1. The van der Waals surface area contributed by atoms with E-state index in [-0.39, 0.29) is 11.9 Å². The van der Waals surface area contributed by atoms with Crippen LogP contribution < -0.4 is 10.2 Å². The Bertz CT molecular complexity index is 872. The van der Waals surface area contributed by atoms with Crippen molar-refractivity contribution < 1.29 is 9.59 Å². The highest BCUT2D eigenvalue weighted by molar-refractivity contribution is 6.11. The summed E-state index contributed by atoms with van der Waals surface area (Å²) in [5.41, 5.74) is 4.31. The van der Waals surface area contributed by atoms with E-state index in [1.165, 1.54) is 0 Å². The fraction of sp³-hybridized carbons (Fsp3) is 0.200. The summed E-state index contributed by atoms with van der Waals surface area (Å²) in [5, 5.41) is 2.96. The standard InChI is InChI=1S/C20H19N3O2/c1-13-8-10-14(11-9-13)18-17-16(22(2)20(25)21-18)12-23(19(17)24)15-6-4-3-5-7-15/h3-11,18H,12H2,1-2H3,(H,21,25). The lowest BCUT2D eigenvalue weighted by atomic mass is 9.95. The molecule has 0 saturated heterocycles. The first kappa shape index (κ1) is 15.4. The Morgan fingerprint density at radius 3 is 2.36 bits per heavy atom. The number of carbonyl (C=O) groups excluding carboxylic acids is 2. The van der Waals surface area contributed by atoms with Gasteiger partial charge < -0.3 is 10.2 Å². The van der Waals surface area contributed by atoms with E-state index in [0.717, 1.165) is 22.5 Å². The van der Waals surface area contributed by atoms with Gasteiger partial charge in [-0.25, -0.2) is 4.79 Å². The van der Waals surface area contributed by atoms with Gasteiger partial charge in [0, 0.05) is 12.7 Å². The summed E-state index contributed by atoms with van der Waals surface area (Å²) in [4.78, 5) is 28.8. The highest BCUT2D eigenvalue weighted by Gasteiger charge is 2.43. The summed E-state index contributed by atoms with van der Waals surface area (Å²) in [5.74, 6) is -0.0568. The molecule has 2 heterocycles. The van der Waals surface area contributed by atoms with Crippen LogP contribution in [-0.2, 0) is 4.79 Å². The Morgan fingerprint density at radius 2 is 1.68 bits per heavy atom. The summed E-state index contributed by atoms with van der Waals surface area (Å²) >= 11 is 0. The zero-order valence-corrected chi connectivity index (χ0v) is 14.2. The second kappa shape index (κ2) is 5.77. The maximum Gasteiger partial charge on any atom is 0.322 e. The van der Waals surface area contributed by atoms with Crippen LogP contribution >= 0.6 is 0 Å². The number of likely N-dealkylation sites (N-methyl/N-ethyl adjacent to an activating group) is 1. The molecule has 1 N–H and O–H groups in total. The van der Waals surface area contributed by atoms with Gasteiger partial charge >= 0.3 is 6.03 Å². The van der Waals surface area contributed by atoms with Crippen molar-refractivity contribution >= 4 is 17.6 Å². The molecule has 1 atom stereocenters. The molecule has 0 saturated carbocycles. The summed E-state index contributed by atoms with van der Waals surface area (Å²) < 4.78 is 0. The van der Waals surface area contributed by atoms with Crippen molar-refractivity contribution in [3.8, 4) is 0 Å². The summed E-state index contributed by atoms with van der Waals surface area (Å²) in [7, 11) is 1.71. The van der Waals surface area contributed by atoms with Gasteiger partial charge in [0.05, 0.1) is 23.9 Å². The van der Waals surface area contributed by atoms with Gasteiger partial charge in [-0.15, -0.1) is 0 Å². The average molecular weight is 333 g/mol. The minimum atomic E-state index is -0.416. The van der Waals surface area contributed by atoms with E-state index in [4.69, 9.17) is 0 Å². The number of rotatable bonds is 2. The van der Waals surface area contributed by atoms with Crippen LogP contribution in [0, 0.1) is 6.92 Å². The number of anilines is 1. The number of nitrogens with one attached hydrogen (secondary N) is 1. The molecule has 126 valence electrons. The Balaban J connectivity index is 1.77. The molecule has 0 bridgehead atoms. The Labute approximate surface area is 146 Å². The van der Waals surface area contributed by atoms with Gasteiger partial charge in [-0.05, 0) is 24.6 Å². The Kier molecular flexibility index (Phi) is 3.57. The molecule has 2 aliphatic heterocycles. The number of hydrogen-bond acceptors (Lipinski definition) is 2. The van der Waals surface area contributed by atoms with Crippen LogP contribution in [0.4, 0.5) is 10.5 Å². The van der Waals surface area contributed by atoms with Crippen LogP contribution in [0.25, 0.3) is 0 Å². The van der Waals surface area contributed by atoms with Gasteiger partial charge in [0.1, 0.15) is 0 Å². The number of benzene rings is 2. The van der Waals surface area contributed by atoms with Crippen molar-refractivity contribution in [1.82, 2.24) is 10.2 Å². The van der Waals surface area contributed by atoms with Crippen LogP contribution in [0.5, 0.6) is 0 Å². The fourth-order valence-corrected chi connectivity index (χ4v) is 3.39. The fourth-order valence-electron chi connectivity index (χ4n) is 3.39. The van der Waals surface area contributed by atoms with E-state index in [1.54, 1.807) is 16.8 Å². The molecule has 25 heavy (non-hydrogen) atoms. The van der Waals surface area contributed by atoms with Gasteiger partial charge in [0.15, 0.2) is 0 Å². The highest BCUT2D eigenvalue weighted by Crippen LogP contribution is 2.37. The normalized spacial score (nSPS) is 20.0. The van der Waals surface area contributed by atoms with Gasteiger partial charge in [0.25, 0.3) is 5.91 Å². The predicted octanol–water partition coefficient (Wildman–Crippen LogP) is 2.99. The molecule has 2 aromatic rings. The van der Waals surface area contributed by atoms with E-state index in [1.807, 2.05) is 61.5 Å². The van der Waals surface area contributed by atoms with Crippen molar-refractivity contribution in [3.05, 3.63) is 77.0 Å². The maximum absolute atomic E-state index is 13.1. The molecule has 0 aliphatic carbocycles. The van der Waals surface area contributed by atoms with Gasteiger partial charge in [-0.2, -0.15) is 0 Å². The van der Waals surface area contributed by atoms with Crippen LogP contribution in [0.2, 0.25) is 0 Å². The number of carbonyl (C=O) groups is 2. The largest absolute Gasteiger partial charge is 0.327 e. The molecule has 3 amide bonds. The quantitative estimate of drug-likeness (QED) is 0.918. The molecule has 2 aromatic carbocycles. The number of para-hydroxylation sites is 1. The van der Waals surface area contributed by atoms with E-state index < -0.39 is 6.04 Å². The van der Waals surface area contributed by atoms with E-state index >= 15 is 0 Å². The lowest BCUT2D eigenvalue weighted by molar-refractivity contribution is -0.114. The summed E-state index contributed by atoms with van der Waals surface area (Å²) in [6, 6.07) is 16.9. The van der Waals surface area contributed by atoms with Gasteiger partial charge in [-0.1, -0.05) is 48.0 Å². The second-order valence-corrected chi connectivity index (χ2v) is 6.44. The van der Waals surface area contributed by atoms with E-state index in [2.05, 4.69) is 5.32 Å². The number of aryl methyl sites for hydroxylation is 1. The molecule has 1 unspecified atom stereocenters. The molecule has 0 fully saturated rings. The van der Waals surface area contributed by atoms with E-state index in [0.29, 0.717) is 12.1 Å². The van der Waals surface area contributed by atoms with Crippen molar-refractivity contribution in [2.45, 2.75) is 13.0 Å². The Morgan fingerprint density at radius 1 is 1.00 bits per heavy atom. The molecular formula is C20H19N3O2. The molecule has 4 rings (SSSR count). The van der Waals surface area contributed by atoms with E-state index in [9.17, 15) is 9.59 Å². The van der Waals surface area contributed by atoms with Crippen LogP contribution in [0.1, 0.15) is 17.2 Å². The van der Waals surface area contributed by atoms with Crippen LogP contribution in [0.15, 0.2) is 65.9 Å². The molecular weight excluding hydrogens is 314 g/mol. The summed E-state index contributed by atoms with van der Waals surface area (Å²) in [6.07, 6.45) is 0. The predicted molar refractivity (Wildman–Crippen MR) is 96.0 cm³/mol. The number of amides is 3. The summed E-state index contributed by atoms with van der Waals surface area (Å²) in [6.45, 7) is 2.42. The average Bonchev–Trinajstić information content (AvgIpc) is 2.97. The zero-order valence-electron chi connectivity index (χ0n) is 14.2. The third-order valence-electron chi connectivity index (χ3n) is 4.84. The molecule has 0 radical (unpaired) electrons. The molecule has 5 nitrogen and oxygen atoms in total. The first-order valence-corrected chi connectivity index (χ1v) is 8.27. The molecule has 5 heteroatoms. The van der Waals surface area contributed by atoms with Crippen molar-refractivity contribution in [3.63, 3.8) is 0 Å². The monoisotopic (exact) mass is 333 g/mol. The minimum absolute atomic E-state index is 0.0568. The molecule has 0 spiro atoms. The minimum Gasteiger partial charge on any atom is -0.327 e. The third kappa shape index (κ3) is 2.48. The third-order valence-corrected chi connectivity index (χ3v) is 4.84. The Hall–Kier alpha value is -3.08. The maximum atomic E-state index is 13.1. The van der Waals surface area contributed by atoms with Gasteiger partial charge in [0.2, 0.25) is 0 Å². The molecule has 2 aliphatic rings. The van der Waals surface area contributed by atoms with Crippen molar-refractivity contribution in [2.75, 3.05) is 18.5 Å². The highest BCUT2D eigenvalue weighted by atomic mass is 16.2. The number of nitrogens with zero attached hydrogens (tertiary/aromatic N) is 2. The number of urea groups is 1.